The Bertz CT molecular complexity index is 643. The fraction of sp³-hybridized carbons (Fsp3) is 0.385. The second-order valence-corrected chi connectivity index (χ2v) is 6.29. The van der Waals surface area contributed by atoms with E-state index in [2.05, 4.69) is 20.8 Å². The second-order valence-electron chi connectivity index (χ2n) is 4.79. The first-order chi connectivity index (χ1) is 10.2. The van der Waals surface area contributed by atoms with Crippen molar-refractivity contribution in [2.24, 2.45) is 0 Å². The normalized spacial score (nSPS) is 14.1. The lowest BCUT2D eigenvalue weighted by Gasteiger charge is -2.05. The molecule has 3 rings (SSSR count). The molecule has 1 heterocycles. The summed E-state index contributed by atoms with van der Waals surface area (Å²) >= 11 is 7.38. The number of carbonyl (C=O) groups excluding carboxylic acids is 1. The van der Waals surface area contributed by atoms with E-state index in [9.17, 15) is 4.79 Å². The number of hydrogen-bond acceptors (Lipinski definition) is 5. The first kappa shape index (κ1) is 14.3. The molecule has 0 atom stereocenters. The molecule has 0 spiro atoms. The van der Waals surface area contributed by atoms with Crippen LogP contribution in [0.15, 0.2) is 29.4 Å². The Morgan fingerprint density at radius 1 is 1.48 bits per heavy atom. The largest absolute Gasteiger partial charge is 0.326 e. The Morgan fingerprint density at radius 2 is 2.33 bits per heavy atom. The standard InChI is InChI=1S/C13H14ClN5OS/c14-9-2-1-3-10(8-9)15-12(20)6-7-21-13-16-17-18-19(13)11-4-5-11/h1-3,8,11H,4-7H2,(H,15,20). The summed E-state index contributed by atoms with van der Waals surface area (Å²) in [5.74, 6) is 0.592. The topological polar surface area (TPSA) is 72.7 Å². The third-order valence-electron chi connectivity index (χ3n) is 3.02. The summed E-state index contributed by atoms with van der Waals surface area (Å²) in [5, 5.41) is 15.8. The Kier molecular flexibility index (Phi) is 4.40. The van der Waals surface area contributed by atoms with Crippen molar-refractivity contribution in [3.05, 3.63) is 29.3 Å². The van der Waals surface area contributed by atoms with Gasteiger partial charge in [-0.05, 0) is 41.5 Å². The summed E-state index contributed by atoms with van der Waals surface area (Å²) in [6.07, 6.45) is 2.66. The van der Waals surface area contributed by atoms with Crippen LogP contribution in [0, 0.1) is 0 Å². The van der Waals surface area contributed by atoms with Crippen LogP contribution in [0.25, 0.3) is 0 Å². The first-order valence-corrected chi connectivity index (χ1v) is 8.05. The van der Waals surface area contributed by atoms with Crippen molar-refractivity contribution in [3.63, 3.8) is 0 Å². The molecule has 0 aliphatic heterocycles. The quantitative estimate of drug-likeness (QED) is 0.827. The minimum absolute atomic E-state index is 0.0461. The highest BCUT2D eigenvalue weighted by Crippen LogP contribution is 2.36. The van der Waals surface area contributed by atoms with Gasteiger partial charge < -0.3 is 5.32 Å². The number of halogens is 1. The van der Waals surface area contributed by atoms with Gasteiger partial charge in [0.2, 0.25) is 11.1 Å². The van der Waals surface area contributed by atoms with Gasteiger partial charge in [0.1, 0.15) is 0 Å². The number of amides is 1. The van der Waals surface area contributed by atoms with Crippen LogP contribution in [0.4, 0.5) is 5.69 Å². The van der Waals surface area contributed by atoms with Gasteiger partial charge >= 0.3 is 0 Å². The maximum Gasteiger partial charge on any atom is 0.225 e. The molecule has 1 N–H and O–H groups in total. The van der Waals surface area contributed by atoms with Gasteiger partial charge in [0.15, 0.2) is 0 Å². The van der Waals surface area contributed by atoms with Crippen molar-refractivity contribution in [2.45, 2.75) is 30.5 Å². The third kappa shape index (κ3) is 3.95. The number of hydrogen-bond donors (Lipinski definition) is 1. The molecule has 0 radical (unpaired) electrons. The second kappa shape index (κ2) is 6.44. The van der Waals surface area contributed by atoms with Crippen LogP contribution in [-0.2, 0) is 4.79 Å². The van der Waals surface area contributed by atoms with E-state index in [0.29, 0.717) is 28.9 Å². The molecule has 0 unspecified atom stereocenters. The zero-order valence-corrected chi connectivity index (χ0v) is 12.8. The molecule has 110 valence electrons. The van der Waals surface area contributed by atoms with Crippen LogP contribution < -0.4 is 5.32 Å². The minimum atomic E-state index is -0.0461. The highest BCUT2D eigenvalue weighted by molar-refractivity contribution is 7.99. The van der Waals surface area contributed by atoms with E-state index in [4.69, 9.17) is 11.6 Å². The predicted molar refractivity (Wildman–Crippen MR) is 81.5 cm³/mol. The van der Waals surface area contributed by atoms with Gasteiger partial charge in [-0.3, -0.25) is 4.79 Å². The van der Waals surface area contributed by atoms with Crippen molar-refractivity contribution < 1.29 is 4.79 Å². The number of aromatic nitrogens is 4. The van der Waals surface area contributed by atoms with Crippen LogP contribution >= 0.6 is 23.4 Å². The zero-order chi connectivity index (χ0) is 14.7. The van der Waals surface area contributed by atoms with Gasteiger partial charge in [-0.25, -0.2) is 4.68 Å². The summed E-state index contributed by atoms with van der Waals surface area (Å²) in [6.45, 7) is 0. The number of tetrazole rings is 1. The van der Waals surface area contributed by atoms with Crippen LogP contribution in [0.3, 0.4) is 0 Å². The Balaban J connectivity index is 1.46. The van der Waals surface area contributed by atoms with Gasteiger partial charge in [0.25, 0.3) is 0 Å². The highest BCUT2D eigenvalue weighted by Gasteiger charge is 2.27. The molecule has 0 bridgehead atoms. The summed E-state index contributed by atoms with van der Waals surface area (Å²) in [7, 11) is 0. The van der Waals surface area contributed by atoms with E-state index >= 15 is 0 Å². The molecule has 1 fully saturated rings. The molecule has 6 nitrogen and oxygen atoms in total. The Labute approximate surface area is 131 Å². The first-order valence-electron chi connectivity index (χ1n) is 6.68. The van der Waals surface area contributed by atoms with Gasteiger partial charge in [0, 0.05) is 22.9 Å². The highest BCUT2D eigenvalue weighted by atomic mass is 35.5. The molecule has 8 heteroatoms. The lowest BCUT2D eigenvalue weighted by molar-refractivity contribution is -0.115. The lowest BCUT2D eigenvalue weighted by atomic mass is 10.3. The lowest BCUT2D eigenvalue weighted by Crippen LogP contribution is -2.12. The molecule has 0 saturated heterocycles. The predicted octanol–water partition coefficient (Wildman–Crippen LogP) is 2.78. The molecule has 1 aromatic carbocycles. The van der Waals surface area contributed by atoms with Crippen LogP contribution in [0.5, 0.6) is 0 Å². The molecule has 1 aliphatic carbocycles. The number of carbonyl (C=O) groups is 1. The van der Waals surface area contributed by atoms with Gasteiger partial charge in [-0.1, -0.05) is 29.4 Å². The fourth-order valence-electron chi connectivity index (χ4n) is 1.85. The molecular formula is C13H14ClN5OS. The van der Waals surface area contributed by atoms with Gasteiger partial charge in [0.05, 0.1) is 6.04 Å². The van der Waals surface area contributed by atoms with Gasteiger partial charge in [-0.2, -0.15) is 0 Å². The van der Waals surface area contributed by atoms with E-state index in [-0.39, 0.29) is 5.91 Å². The number of benzene rings is 1. The average molecular weight is 324 g/mol. The number of nitrogens with zero attached hydrogens (tertiary/aromatic N) is 4. The Morgan fingerprint density at radius 3 is 3.10 bits per heavy atom. The van der Waals surface area contributed by atoms with E-state index in [1.54, 1.807) is 18.2 Å². The SMILES string of the molecule is O=C(CCSc1nnnn1C1CC1)Nc1cccc(Cl)c1. The monoisotopic (exact) mass is 323 g/mol. The van der Waals surface area contributed by atoms with Crippen molar-refractivity contribution >= 4 is 35.0 Å². The molecule has 1 amide bonds. The van der Waals surface area contributed by atoms with E-state index in [0.717, 1.165) is 18.0 Å². The van der Waals surface area contributed by atoms with Gasteiger partial charge in [-0.15, -0.1) is 5.10 Å². The summed E-state index contributed by atoms with van der Waals surface area (Å²) in [4.78, 5) is 11.9. The number of nitrogens with one attached hydrogen (secondary N) is 1. The fourth-order valence-corrected chi connectivity index (χ4v) is 2.93. The smallest absolute Gasteiger partial charge is 0.225 e. The third-order valence-corrected chi connectivity index (χ3v) is 4.19. The van der Waals surface area contributed by atoms with Crippen LogP contribution in [0.1, 0.15) is 25.3 Å². The molecule has 21 heavy (non-hydrogen) atoms. The molecule has 1 aliphatic rings. The maximum atomic E-state index is 11.9. The molecule has 1 aromatic heterocycles. The molecule has 1 saturated carbocycles. The summed E-state index contributed by atoms with van der Waals surface area (Å²) < 4.78 is 1.85. The minimum Gasteiger partial charge on any atom is -0.326 e. The maximum absolute atomic E-state index is 11.9. The van der Waals surface area contributed by atoms with Crippen molar-refractivity contribution in [3.8, 4) is 0 Å². The van der Waals surface area contributed by atoms with Crippen LogP contribution in [-0.4, -0.2) is 31.9 Å². The number of thioether (sulfide) groups is 1. The summed E-state index contributed by atoms with van der Waals surface area (Å²) in [6, 6.07) is 7.55. The Hall–Kier alpha value is -1.60. The van der Waals surface area contributed by atoms with Crippen molar-refractivity contribution in [1.82, 2.24) is 20.2 Å². The van der Waals surface area contributed by atoms with Crippen LogP contribution in [0.2, 0.25) is 5.02 Å². The van der Waals surface area contributed by atoms with E-state index < -0.39 is 0 Å². The summed E-state index contributed by atoms with van der Waals surface area (Å²) in [5.41, 5.74) is 0.709. The van der Waals surface area contributed by atoms with E-state index in [1.165, 1.54) is 11.8 Å². The van der Waals surface area contributed by atoms with Crippen molar-refractivity contribution in [2.75, 3.05) is 11.1 Å². The van der Waals surface area contributed by atoms with E-state index in [1.807, 2.05) is 10.7 Å². The van der Waals surface area contributed by atoms with Crippen molar-refractivity contribution in [1.29, 1.82) is 0 Å². The zero-order valence-electron chi connectivity index (χ0n) is 11.2. The number of anilines is 1. The average Bonchev–Trinajstić information content (AvgIpc) is 3.19. The molecular weight excluding hydrogens is 310 g/mol. The molecule has 2 aromatic rings. The number of rotatable bonds is 6.